The van der Waals surface area contributed by atoms with Crippen molar-refractivity contribution >= 4 is 11.6 Å². The quantitative estimate of drug-likeness (QED) is 0.617. The van der Waals surface area contributed by atoms with Gasteiger partial charge in [-0.3, -0.25) is 0 Å². The van der Waals surface area contributed by atoms with Gasteiger partial charge in [0, 0.05) is 5.56 Å². The molecule has 0 saturated heterocycles. The molecule has 21 heavy (non-hydrogen) atoms. The second-order valence-electron chi connectivity index (χ2n) is 5.68. The summed E-state index contributed by atoms with van der Waals surface area (Å²) in [5.41, 5.74) is -0.744. The fourth-order valence-corrected chi connectivity index (χ4v) is 3.17. The van der Waals surface area contributed by atoms with E-state index < -0.39 is 18.0 Å². The number of hydrogen-bond donors (Lipinski definition) is 1. The Balaban J connectivity index is 2.06. The number of aliphatic hydroxyl groups excluding tert-OH is 1. The zero-order valence-corrected chi connectivity index (χ0v) is 12.4. The molecule has 0 spiro atoms. The normalized spacial score (nSPS) is 19.3. The highest BCUT2D eigenvalue weighted by Crippen LogP contribution is 2.35. The van der Waals surface area contributed by atoms with Crippen LogP contribution in [0.2, 0.25) is 5.15 Å². The van der Waals surface area contributed by atoms with Crippen molar-refractivity contribution in [3.63, 3.8) is 0 Å². The smallest absolute Gasteiger partial charge is 0.388 e. The third kappa shape index (κ3) is 4.58. The second-order valence-corrected chi connectivity index (χ2v) is 6.04. The van der Waals surface area contributed by atoms with Crippen molar-refractivity contribution < 1.29 is 18.3 Å². The van der Waals surface area contributed by atoms with E-state index in [4.69, 9.17) is 11.6 Å². The standard InChI is InChI=1S/C15H19ClF3NO/c16-14-11(7-8-13(20-14)15(17,18)19)12(21)9-10-5-3-1-2-4-6-10/h7-8,10,12,21H,1-6,9H2. The highest BCUT2D eigenvalue weighted by molar-refractivity contribution is 6.30. The topological polar surface area (TPSA) is 33.1 Å². The molecule has 0 aliphatic heterocycles. The summed E-state index contributed by atoms with van der Waals surface area (Å²) in [6.07, 6.45) is 2.01. The van der Waals surface area contributed by atoms with Gasteiger partial charge in [0.25, 0.3) is 0 Å². The van der Waals surface area contributed by atoms with Gasteiger partial charge in [-0.05, 0) is 18.4 Å². The molecule has 1 N–H and O–H groups in total. The van der Waals surface area contributed by atoms with E-state index in [9.17, 15) is 18.3 Å². The van der Waals surface area contributed by atoms with Crippen LogP contribution in [0.25, 0.3) is 0 Å². The van der Waals surface area contributed by atoms with Crippen LogP contribution in [0.15, 0.2) is 12.1 Å². The maximum atomic E-state index is 12.5. The molecule has 2 nitrogen and oxygen atoms in total. The molecule has 1 saturated carbocycles. The SMILES string of the molecule is OC(CC1CCCCCC1)c1ccc(C(F)(F)F)nc1Cl. The largest absolute Gasteiger partial charge is 0.433 e. The van der Waals surface area contributed by atoms with E-state index in [1.165, 1.54) is 18.9 Å². The summed E-state index contributed by atoms with van der Waals surface area (Å²) >= 11 is 5.81. The van der Waals surface area contributed by atoms with Gasteiger partial charge < -0.3 is 5.11 Å². The molecule has 1 unspecified atom stereocenters. The molecule has 0 bridgehead atoms. The predicted octanol–water partition coefficient (Wildman–Crippen LogP) is 5.15. The lowest BCUT2D eigenvalue weighted by Gasteiger charge is -2.19. The lowest BCUT2D eigenvalue weighted by Crippen LogP contribution is -2.11. The van der Waals surface area contributed by atoms with Gasteiger partial charge in [-0.25, -0.2) is 4.98 Å². The number of alkyl halides is 3. The van der Waals surface area contributed by atoms with Crippen molar-refractivity contribution in [2.24, 2.45) is 5.92 Å². The average Bonchev–Trinajstić information content (AvgIpc) is 2.66. The second kappa shape index (κ2) is 6.97. The summed E-state index contributed by atoms with van der Waals surface area (Å²) in [7, 11) is 0. The molecule has 0 aromatic carbocycles. The van der Waals surface area contributed by atoms with Gasteiger partial charge in [0.1, 0.15) is 10.8 Å². The fourth-order valence-electron chi connectivity index (χ4n) is 2.89. The number of halogens is 4. The number of rotatable bonds is 3. The Bertz CT molecular complexity index is 470. The van der Waals surface area contributed by atoms with Crippen LogP contribution < -0.4 is 0 Å². The minimum absolute atomic E-state index is 0.258. The Morgan fingerprint density at radius 3 is 2.33 bits per heavy atom. The van der Waals surface area contributed by atoms with E-state index >= 15 is 0 Å². The Kier molecular flexibility index (Phi) is 5.49. The molecule has 2 rings (SSSR count). The third-order valence-electron chi connectivity index (χ3n) is 4.06. The van der Waals surface area contributed by atoms with Crippen molar-refractivity contribution in [2.75, 3.05) is 0 Å². The van der Waals surface area contributed by atoms with E-state index in [2.05, 4.69) is 4.98 Å². The first-order valence-electron chi connectivity index (χ1n) is 7.29. The molecule has 118 valence electrons. The van der Waals surface area contributed by atoms with Crippen LogP contribution in [-0.2, 0) is 6.18 Å². The van der Waals surface area contributed by atoms with Crippen LogP contribution in [0.5, 0.6) is 0 Å². The third-order valence-corrected chi connectivity index (χ3v) is 4.36. The van der Waals surface area contributed by atoms with Gasteiger partial charge in [0.15, 0.2) is 0 Å². The molecule has 1 aromatic heterocycles. The Morgan fingerprint density at radius 2 is 1.81 bits per heavy atom. The van der Waals surface area contributed by atoms with E-state index in [0.717, 1.165) is 31.7 Å². The maximum absolute atomic E-state index is 12.5. The molecular formula is C15H19ClF3NO. The summed E-state index contributed by atoms with van der Waals surface area (Å²) in [4.78, 5) is 3.36. The lowest BCUT2D eigenvalue weighted by atomic mass is 9.91. The molecule has 0 amide bonds. The van der Waals surface area contributed by atoms with Gasteiger partial charge >= 0.3 is 6.18 Å². The van der Waals surface area contributed by atoms with Gasteiger partial charge in [-0.15, -0.1) is 0 Å². The summed E-state index contributed by atoms with van der Waals surface area (Å²) in [6.45, 7) is 0. The van der Waals surface area contributed by atoms with Gasteiger partial charge in [-0.2, -0.15) is 13.2 Å². The number of aliphatic hydroxyl groups is 1. The maximum Gasteiger partial charge on any atom is 0.433 e. The zero-order chi connectivity index (χ0) is 15.5. The number of nitrogens with zero attached hydrogens (tertiary/aromatic N) is 1. The van der Waals surface area contributed by atoms with Crippen LogP contribution in [0.1, 0.15) is 62.3 Å². The predicted molar refractivity (Wildman–Crippen MR) is 75.0 cm³/mol. The Morgan fingerprint density at radius 1 is 1.19 bits per heavy atom. The number of aromatic nitrogens is 1. The van der Waals surface area contributed by atoms with Crippen LogP contribution in [-0.4, -0.2) is 10.1 Å². The first-order valence-corrected chi connectivity index (χ1v) is 7.67. The summed E-state index contributed by atoms with van der Waals surface area (Å²) in [5, 5.41) is 9.98. The monoisotopic (exact) mass is 321 g/mol. The van der Waals surface area contributed by atoms with Crippen LogP contribution in [0, 0.1) is 5.92 Å². The van der Waals surface area contributed by atoms with E-state index in [0.29, 0.717) is 12.3 Å². The minimum atomic E-state index is -4.52. The van der Waals surface area contributed by atoms with Crippen molar-refractivity contribution in [3.8, 4) is 0 Å². The van der Waals surface area contributed by atoms with E-state index in [-0.39, 0.29) is 10.7 Å². The minimum Gasteiger partial charge on any atom is -0.388 e. The molecule has 1 heterocycles. The molecule has 1 aliphatic rings. The van der Waals surface area contributed by atoms with Crippen LogP contribution in [0.4, 0.5) is 13.2 Å². The number of pyridine rings is 1. The van der Waals surface area contributed by atoms with Gasteiger partial charge in [0.2, 0.25) is 0 Å². The first-order chi connectivity index (χ1) is 9.88. The Hall–Kier alpha value is -0.810. The lowest BCUT2D eigenvalue weighted by molar-refractivity contribution is -0.141. The number of hydrogen-bond acceptors (Lipinski definition) is 2. The highest BCUT2D eigenvalue weighted by atomic mass is 35.5. The molecule has 0 radical (unpaired) electrons. The van der Waals surface area contributed by atoms with Crippen LogP contribution in [0.3, 0.4) is 0 Å². The highest BCUT2D eigenvalue weighted by Gasteiger charge is 2.33. The van der Waals surface area contributed by atoms with Crippen molar-refractivity contribution in [1.29, 1.82) is 0 Å². The molecule has 1 fully saturated rings. The molecule has 1 atom stereocenters. The zero-order valence-electron chi connectivity index (χ0n) is 11.7. The fraction of sp³-hybridized carbons (Fsp3) is 0.667. The molecule has 1 aromatic rings. The molecular weight excluding hydrogens is 303 g/mol. The average molecular weight is 322 g/mol. The van der Waals surface area contributed by atoms with Gasteiger partial charge in [-0.1, -0.05) is 56.2 Å². The summed E-state index contributed by atoms with van der Waals surface area (Å²) < 4.78 is 37.6. The Labute approximate surface area is 127 Å². The van der Waals surface area contributed by atoms with Crippen molar-refractivity contribution in [1.82, 2.24) is 4.98 Å². The van der Waals surface area contributed by atoms with Crippen molar-refractivity contribution in [2.45, 2.75) is 57.2 Å². The van der Waals surface area contributed by atoms with Crippen LogP contribution >= 0.6 is 11.6 Å². The molecule has 6 heteroatoms. The van der Waals surface area contributed by atoms with Gasteiger partial charge in [0.05, 0.1) is 6.10 Å². The molecule has 1 aliphatic carbocycles. The summed E-state index contributed by atoms with van der Waals surface area (Å²) in [5.74, 6) is 0.404. The first kappa shape index (κ1) is 16.6. The van der Waals surface area contributed by atoms with E-state index in [1.807, 2.05) is 0 Å². The summed E-state index contributed by atoms with van der Waals surface area (Å²) in [6, 6.07) is 2.11. The van der Waals surface area contributed by atoms with Crippen molar-refractivity contribution in [3.05, 3.63) is 28.5 Å². The van der Waals surface area contributed by atoms with E-state index in [1.54, 1.807) is 0 Å².